The Labute approximate surface area is 159 Å². The van der Waals surface area contributed by atoms with E-state index in [0.29, 0.717) is 24.3 Å². The lowest BCUT2D eigenvalue weighted by atomic mass is 9.98. The van der Waals surface area contributed by atoms with Crippen molar-refractivity contribution in [1.29, 1.82) is 0 Å². The van der Waals surface area contributed by atoms with E-state index in [1.807, 2.05) is 12.1 Å². The van der Waals surface area contributed by atoms with Gasteiger partial charge < -0.3 is 15.7 Å². The third kappa shape index (κ3) is 3.87. The molecule has 26 heavy (non-hydrogen) atoms. The molecule has 140 valence electrons. The van der Waals surface area contributed by atoms with Crippen LogP contribution in [-0.4, -0.2) is 64.4 Å². The first kappa shape index (κ1) is 17.8. The summed E-state index contributed by atoms with van der Waals surface area (Å²) in [5.41, 5.74) is 7.02. The summed E-state index contributed by atoms with van der Waals surface area (Å²) in [6, 6.07) is 8.99. The van der Waals surface area contributed by atoms with Gasteiger partial charge in [0.1, 0.15) is 11.7 Å². The molecule has 4 rings (SSSR count). The number of amidine groups is 2. The molecule has 2 atom stereocenters. The highest BCUT2D eigenvalue weighted by molar-refractivity contribution is 6.30. The number of β-amino-alcohol motifs (C(OH)–C–C–N with tert-alkyl or cyclic N) is 1. The molecule has 1 aromatic rings. The second kappa shape index (κ2) is 7.55. The van der Waals surface area contributed by atoms with Crippen LogP contribution in [0.25, 0.3) is 0 Å². The van der Waals surface area contributed by atoms with Gasteiger partial charge in [-0.25, -0.2) is 0 Å². The van der Waals surface area contributed by atoms with Crippen molar-refractivity contribution in [3.05, 3.63) is 34.9 Å². The molecule has 0 unspecified atom stereocenters. The van der Waals surface area contributed by atoms with E-state index in [1.54, 1.807) is 0 Å². The van der Waals surface area contributed by atoms with E-state index in [1.165, 1.54) is 5.56 Å². The standard InChI is InChI=1S/C19H26ClN5O/c20-14-3-1-13(2-4-14)9-16-10-17(26)12-25(16)15-5-7-24(8-6-15)19-11-18(21)22-23-19/h1-4,15-17,26H,5-12H2,(H2,21,22)/t16-,17-/m0/s1. The zero-order valence-electron chi connectivity index (χ0n) is 14.9. The molecule has 3 N–H and O–H groups in total. The lowest BCUT2D eigenvalue weighted by Crippen LogP contribution is -2.49. The van der Waals surface area contributed by atoms with E-state index in [2.05, 4.69) is 32.1 Å². The molecule has 0 amide bonds. The number of nitrogens with zero attached hydrogens (tertiary/aromatic N) is 4. The molecule has 0 radical (unpaired) electrons. The Kier molecular flexibility index (Phi) is 5.16. The third-order valence-electron chi connectivity index (χ3n) is 5.75. The number of aliphatic hydroxyl groups is 1. The first-order chi connectivity index (χ1) is 12.6. The molecule has 3 aliphatic heterocycles. The van der Waals surface area contributed by atoms with Crippen LogP contribution in [0.15, 0.2) is 34.5 Å². The van der Waals surface area contributed by atoms with Crippen LogP contribution in [0.1, 0.15) is 31.2 Å². The fraction of sp³-hybridized carbons (Fsp3) is 0.579. The van der Waals surface area contributed by atoms with Crippen LogP contribution in [0.5, 0.6) is 0 Å². The normalized spacial score (nSPS) is 27.7. The molecule has 3 aliphatic rings. The lowest BCUT2D eigenvalue weighted by Gasteiger charge is -2.40. The van der Waals surface area contributed by atoms with Gasteiger partial charge in [-0.3, -0.25) is 4.90 Å². The SMILES string of the molecule is NC1=NN=C(N2CCC(N3C[C@@H](O)C[C@@H]3Cc3ccc(Cl)cc3)CC2)C1. The van der Waals surface area contributed by atoms with Gasteiger partial charge in [-0.05, 0) is 43.4 Å². The summed E-state index contributed by atoms with van der Waals surface area (Å²) in [5, 5.41) is 19.2. The Morgan fingerprint density at radius 2 is 1.88 bits per heavy atom. The summed E-state index contributed by atoms with van der Waals surface area (Å²) in [6.07, 6.45) is 4.43. The molecule has 0 saturated carbocycles. The minimum Gasteiger partial charge on any atom is -0.392 e. The number of halogens is 1. The minimum absolute atomic E-state index is 0.224. The Hall–Kier alpha value is -1.63. The van der Waals surface area contributed by atoms with E-state index in [9.17, 15) is 5.11 Å². The van der Waals surface area contributed by atoms with Crippen molar-refractivity contribution in [2.45, 2.75) is 50.3 Å². The number of piperidine rings is 1. The van der Waals surface area contributed by atoms with Gasteiger partial charge in [0, 0.05) is 36.7 Å². The monoisotopic (exact) mass is 375 g/mol. The van der Waals surface area contributed by atoms with Crippen LogP contribution >= 0.6 is 11.6 Å². The van der Waals surface area contributed by atoms with E-state index in [0.717, 1.165) is 56.2 Å². The van der Waals surface area contributed by atoms with Crippen LogP contribution in [0.2, 0.25) is 5.02 Å². The number of rotatable bonds is 3. The van der Waals surface area contributed by atoms with Crippen molar-refractivity contribution in [1.82, 2.24) is 9.80 Å². The quantitative estimate of drug-likeness (QED) is 0.845. The van der Waals surface area contributed by atoms with Gasteiger partial charge in [0.25, 0.3) is 0 Å². The van der Waals surface area contributed by atoms with Crippen molar-refractivity contribution in [3.63, 3.8) is 0 Å². The van der Waals surface area contributed by atoms with Gasteiger partial charge >= 0.3 is 0 Å². The maximum atomic E-state index is 10.3. The number of likely N-dealkylation sites (tertiary alicyclic amines) is 2. The highest BCUT2D eigenvalue weighted by Crippen LogP contribution is 2.29. The van der Waals surface area contributed by atoms with Crippen molar-refractivity contribution in [2.75, 3.05) is 19.6 Å². The summed E-state index contributed by atoms with van der Waals surface area (Å²) in [7, 11) is 0. The number of hydrogen-bond acceptors (Lipinski definition) is 6. The topological polar surface area (TPSA) is 77.5 Å². The Balaban J connectivity index is 1.36. The van der Waals surface area contributed by atoms with Crippen LogP contribution in [-0.2, 0) is 6.42 Å². The molecule has 0 bridgehead atoms. The smallest absolute Gasteiger partial charge is 0.135 e. The molecular formula is C19H26ClN5O. The van der Waals surface area contributed by atoms with Gasteiger partial charge in [0.05, 0.1) is 12.5 Å². The molecule has 0 aliphatic carbocycles. The van der Waals surface area contributed by atoms with E-state index in [4.69, 9.17) is 17.3 Å². The summed E-state index contributed by atoms with van der Waals surface area (Å²) in [5.74, 6) is 1.60. The van der Waals surface area contributed by atoms with Gasteiger partial charge in [0.2, 0.25) is 0 Å². The molecule has 1 aromatic carbocycles. The molecule has 2 fully saturated rings. The van der Waals surface area contributed by atoms with Crippen LogP contribution in [0.3, 0.4) is 0 Å². The maximum absolute atomic E-state index is 10.3. The largest absolute Gasteiger partial charge is 0.392 e. The average Bonchev–Trinajstić information content (AvgIpc) is 3.23. The molecule has 2 saturated heterocycles. The van der Waals surface area contributed by atoms with Crippen molar-refractivity contribution in [2.24, 2.45) is 15.9 Å². The van der Waals surface area contributed by atoms with Gasteiger partial charge in [-0.15, -0.1) is 10.2 Å². The van der Waals surface area contributed by atoms with E-state index >= 15 is 0 Å². The lowest BCUT2D eigenvalue weighted by molar-refractivity contribution is 0.109. The van der Waals surface area contributed by atoms with Gasteiger partial charge in [-0.2, -0.15) is 0 Å². The highest BCUT2D eigenvalue weighted by atomic mass is 35.5. The van der Waals surface area contributed by atoms with Crippen molar-refractivity contribution >= 4 is 23.3 Å². The predicted molar refractivity (Wildman–Crippen MR) is 105 cm³/mol. The summed E-state index contributed by atoms with van der Waals surface area (Å²) >= 11 is 6.00. The fourth-order valence-electron chi connectivity index (χ4n) is 4.44. The molecule has 3 heterocycles. The maximum Gasteiger partial charge on any atom is 0.135 e. The molecule has 0 spiro atoms. The second-order valence-electron chi connectivity index (χ2n) is 7.57. The Bertz CT molecular complexity index is 696. The van der Waals surface area contributed by atoms with E-state index in [-0.39, 0.29) is 6.10 Å². The summed E-state index contributed by atoms with van der Waals surface area (Å²) in [6.45, 7) is 2.74. The minimum atomic E-state index is -0.224. The number of nitrogens with two attached hydrogens (primary N) is 1. The van der Waals surface area contributed by atoms with E-state index < -0.39 is 0 Å². The highest BCUT2D eigenvalue weighted by Gasteiger charge is 2.37. The molecule has 0 aromatic heterocycles. The van der Waals surface area contributed by atoms with Crippen LogP contribution in [0.4, 0.5) is 0 Å². The number of aliphatic hydroxyl groups excluding tert-OH is 1. The number of hydrogen-bond donors (Lipinski definition) is 2. The average molecular weight is 376 g/mol. The molecule has 7 heteroatoms. The Morgan fingerprint density at radius 1 is 1.15 bits per heavy atom. The summed E-state index contributed by atoms with van der Waals surface area (Å²) < 4.78 is 0. The van der Waals surface area contributed by atoms with Gasteiger partial charge in [-0.1, -0.05) is 23.7 Å². The predicted octanol–water partition coefficient (Wildman–Crippen LogP) is 1.86. The third-order valence-corrected chi connectivity index (χ3v) is 6.00. The van der Waals surface area contributed by atoms with Crippen LogP contribution in [0, 0.1) is 0 Å². The first-order valence-corrected chi connectivity index (χ1v) is 9.78. The summed E-state index contributed by atoms with van der Waals surface area (Å²) in [4.78, 5) is 4.83. The van der Waals surface area contributed by atoms with Crippen molar-refractivity contribution < 1.29 is 5.11 Å². The zero-order valence-corrected chi connectivity index (χ0v) is 15.6. The second-order valence-corrected chi connectivity index (χ2v) is 8.01. The first-order valence-electron chi connectivity index (χ1n) is 9.40. The molecular weight excluding hydrogens is 350 g/mol. The molecule has 6 nitrogen and oxygen atoms in total. The fourth-order valence-corrected chi connectivity index (χ4v) is 4.57. The van der Waals surface area contributed by atoms with Gasteiger partial charge in [0.15, 0.2) is 0 Å². The van der Waals surface area contributed by atoms with Crippen LogP contribution < -0.4 is 5.73 Å². The Morgan fingerprint density at radius 3 is 2.54 bits per heavy atom. The zero-order chi connectivity index (χ0) is 18.1. The van der Waals surface area contributed by atoms with Crippen molar-refractivity contribution in [3.8, 4) is 0 Å². The number of benzene rings is 1.